The summed E-state index contributed by atoms with van der Waals surface area (Å²) in [7, 11) is 4.16. The van der Waals surface area contributed by atoms with Crippen LogP contribution in [0.3, 0.4) is 0 Å². The zero-order valence-electron chi connectivity index (χ0n) is 16.8. The molecule has 1 N–H and O–H groups in total. The van der Waals surface area contributed by atoms with Crippen molar-refractivity contribution in [1.29, 1.82) is 0 Å². The Morgan fingerprint density at radius 3 is 2.24 bits per heavy atom. The molecule has 3 aromatic rings. The number of rotatable bonds is 8. The molecule has 0 saturated carbocycles. The molecule has 5 heteroatoms. The van der Waals surface area contributed by atoms with Gasteiger partial charge in [-0.2, -0.15) is 0 Å². The van der Waals surface area contributed by atoms with Crippen molar-refractivity contribution in [2.24, 2.45) is 0 Å². The highest BCUT2D eigenvalue weighted by Gasteiger charge is 2.16. The van der Waals surface area contributed by atoms with E-state index in [1.54, 1.807) is 0 Å². The van der Waals surface area contributed by atoms with Gasteiger partial charge in [0.15, 0.2) is 0 Å². The second-order valence-corrected chi connectivity index (χ2v) is 7.95. The Morgan fingerprint density at radius 1 is 0.862 bits per heavy atom. The van der Waals surface area contributed by atoms with Crippen LogP contribution in [-0.2, 0) is 0 Å². The molecule has 0 bridgehead atoms. The molecule has 3 aromatic carbocycles. The van der Waals surface area contributed by atoms with E-state index in [4.69, 9.17) is 0 Å². The Morgan fingerprint density at radius 2 is 1.52 bits per heavy atom. The lowest BCUT2D eigenvalue weighted by atomic mass is 10.1. The van der Waals surface area contributed by atoms with Crippen LogP contribution in [0, 0.1) is 0 Å². The maximum atomic E-state index is 12.9. The van der Waals surface area contributed by atoms with Gasteiger partial charge in [0.2, 0.25) is 0 Å². The first kappa shape index (κ1) is 21.1. The molecule has 0 atom stereocenters. The lowest BCUT2D eigenvalue weighted by molar-refractivity contribution is 0.102. The van der Waals surface area contributed by atoms with Crippen LogP contribution in [-0.4, -0.2) is 38.0 Å². The van der Waals surface area contributed by atoms with Crippen molar-refractivity contribution >= 4 is 38.9 Å². The maximum absolute atomic E-state index is 12.9. The molecule has 29 heavy (non-hydrogen) atoms. The highest BCUT2D eigenvalue weighted by atomic mass is 79.9. The lowest BCUT2D eigenvalue weighted by Gasteiger charge is -2.28. The number of carbonyl (C=O) groups is 1. The molecule has 0 saturated heterocycles. The number of nitrogens with zero attached hydrogens (tertiary/aromatic N) is 2. The highest BCUT2D eigenvalue weighted by molar-refractivity contribution is 9.10. The molecule has 3 rings (SSSR count). The van der Waals surface area contributed by atoms with Crippen molar-refractivity contribution in [3.8, 4) is 0 Å². The smallest absolute Gasteiger partial charge is 0.256 e. The van der Waals surface area contributed by atoms with Crippen LogP contribution in [0.5, 0.6) is 0 Å². The Labute approximate surface area is 181 Å². The Kier molecular flexibility index (Phi) is 7.44. The summed E-state index contributed by atoms with van der Waals surface area (Å²) in [6.45, 7) is 1.85. The van der Waals surface area contributed by atoms with Crippen molar-refractivity contribution in [3.05, 3.63) is 88.9 Å². The summed E-state index contributed by atoms with van der Waals surface area (Å²) >= 11 is 3.47. The van der Waals surface area contributed by atoms with Gasteiger partial charge >= 0.3 is 0 Å². The molecule has 4 nitrogen and oxygen atoms in total. The molecular weight excluding hydrogens is 426 g/mol. The quantitative estimate of drug-likeness (QED) is 0.470. The van der Waals surface area contributed by atoms with Crippen molar-refractivity contribution in [2.75, 3.05) is 37.4 Å². The van der Waals surface area contributed by atoms with Crippen LogP contribution in [0.4, 0.5) is 17.1 Å². The molecule has 0 aromatic heterocycles. The summed E-state index contributed by atoms with van der Waals surface area (Å²) < 4.78 is 0.779. The van der Waals surface area contributed by atoms with E-state index in [1.165, 1.54) is 0 Å². The highest BCUT2D eigenvalue weighted by Crippen LogP contribution is 2.33. The minimum absolute atomic E-state index is 0.133. The first-order valence-electron chi connectivity index (χ1n) is 9.68. The molecule has 0 aliphatic rings. The van der Waals surface area contributed by atoms with Gasteiger partial charge in [-0.25, -0.2) is 0 Å². The third kappa shape index (κ3) is 5.68. The van der Waals surface area contributed by atoms with Gasteiger partial charge in [-0.05, 0) is 79.4 Å². The zero-order valence-corrected chi connectivity index (χ0v) is 18.4. The average Bonchev–Trinajstić information content (AvgIpc) is 2.72. The Hall–Kier alpha value is -2.63. The number of carbonyl (C=O) groups excluding carboxylic acids is 1. The van der Waals surface area contributed by atoms with Crippen LogP contribution in [0.2, 0.25) is 0 Å². The van der Waals surface area contributed by atoms with Crippen LogP contribution in [0.1, 0.15) is 16.8 Å². The monoisotopic (exact) mass is 451 g/mol. The topological polar surface area (TPSA) is 35.6 Å². The number of para-hydroxylation sites is 3. The summed E-state index contributed by atoms with van der Waals surface area (Å²) in [6.07, 6.45) is 1.01. The normalized spacial score (nSPS) is 10.8. The average molecular weight is 452 g/mol. The van der Waals surface area contributed by atoms with E-state index < -0.39 is 0 Å². The molecule has 0 radical (unpaired) electrons. The first-order valence-corrected chi connectivity index (χ1v) is 10.5. The van der Waals surface area contributed by atoms with Gasteiger partial charge in [-0.15, -0.1) is 0 Å². The van der Waals surface area contributed by atoms with Crippen LogP contribution < -0.4 is 10.2 Å². The second-order valence-electron chi connectivity index (χ2n) is 7.10. The number of amides is 1. The van der Waals surface area contributed by atoms with Crippen molar-refractivity contribution in [3.63, 3.8) is 0 Å². The van der Waals surface area contributed by atoms with E-state index in [9.17, 15) is 4.79 Å². The lowest BCUT2D eigenvalue weighted by Crippen LogP contribution is -2.24. The van der Waals surface area contributed by atoms with Crippen molar-refractivity contribution < 1.29 is 4.79 Å². The standard InChI is InChI=1S/C24H26BrN3O/c1-27(2)17-10-18-28(19-11-4-3-5-12-19)23-16-9-8-15-22(23)26-24(29)20-13-6-7-14-21(20)25/h3-9,11-16H,10,17-18H2,1-2H3,(H,26,29). The van der Waals surface area contributed by atoms with Gasteiger partial charge < -0.3 is 15.1 Å². The van der Waals surface area contributed by atoms with Crippen molar-refractivity contribution in [1.82, 2.24) is 4.90 Å². The predicted octanol–water partition coefficient (Wildman–Crippen LogP) is 5.79. The van der Waals surface area contributed by atoms with Crippen molar-refractivity contribution in [2.45, 2.75) is 6.42 Å². The number of nitrogens with one attached hydrogen (secondary N) is 1. The van der Waals surface area contributed by atoms with Crippen LogP contribution in [0.25, 0.3) is 0 Å². The molecule has 0 fully saturated rings. The van der Waals surface area contributed by atoms with Gasteiger partial charge in [0.05, 0.1) is 16.9 Å². The summed E-state index contributed by atoms with van der Waals surface area (Å²) in [6, 6.07) is 25.7. The summed E-state index contributed by atoms with van der Waals surface area (Å²) in [5, 5.41) is 3.10. The molecular formula is C24H26BrN3O. The fraction of sp³-hybridized carbons (Fsp3) is 0.208. The first-order chi connectivity index (χ1) is 14.1. The largest absolute Gasteiger partial charge is 0.340 e. The fourth-order valence-electron chi connectivity index (χ4n) is 3.19. The van der Waals surface area contributed by atoms with E-state index in [2.05, 4.69) is 63.3 Å². The molecule has 0 spiro atoms. The van der Waals surface area contributed by atoms with E-state index in [1.807, 2.05) is 60.7 Å². The number of halogens is 1. The number of anilines is 3. The third-order valence-electron chi connectivity index (χ3n) is 4.62. The summed E-state index contributed by atoms with van der Waals surface area (Å²) in [5.41, 5.74) is 3.50. The molecule has 0 unspecified atom stereocenters. The van der Waals surface area contributed by atoms with Gasteiger partial charge in [0, 0.05) is 16.7 Å². The number of hydrogen-bond donors (Lipinski definition) is 1. The van der Waals surface area contributed by atoms with Gasteiger partial charge in [-0.3, -0.25) is 4.79 Å². The summed E-state index contributed by atoms with van der Waals surface area (Å²) in [5.74, 6) is -0.133. The molecule has 150 valence electrons. The maximum Gasteiger partial charge on any atom is 0.256 e. The van der Waals surface area contributed by atoms with E-state index in [0.717, 1.165) is 41.0 Å². The minimum atomic E-state index is -0.133. The fourth-order valence-corrected chi connectivity index (χ4v) is 3.66. The van der Waals surface area contributed by atoms with E-state index >= 15 is 0 Å². The van der Waals surface area contributed by atoms with Crippen LogP contribution >= 0.6 is 15.9 Å². The Bertz CT molecular complexity index is 944. The van der Waals surface area contributed by atoms with Gasteiger partial charge in [0.1, 0.15) is 0 Å². The predicted molar refractivity (Wildman–Crippen MR) is 125 cm³/mol. The molecule has 0 heterocycles. The molecule has 0 aliphatic heterocycles. The van der Waals surface area contributed by atoms with Gasteiger partial charge in [0.25, 0.3) is 5.91 Å². The van der Waals surface area contributed by atoms with Gasteiger partial charge in [-0.1, -0.05) is 42.5 Å². The van der Waals surface area contributed by atoms with Crippen LogP contribution in [0.15, 0.2) is 83.3 Å². The number of hydrogen-bond acceptors (Lipinski definition) is 3. The van der Waals surface area contributed by atoms with E-state index in [-0.39, 0.29) is 5.91 Å². The zero-order chi connectivity index (χ0) is 20.6. The SMILES string of the molecule is CN(C)CCCN(c1ccccc1)c1ccccc1NC(=O)c1ccccc1Br. The molecule has 1 amide bonds. The Balaban J connectivity index is 1.90. The molecule has 0 aliphatic carbocycles. The van der Waals surface area contributed by atoms with E-state index in [0.29, 0.717) is 5.56 Å². The third-order valence-corrected chi connectivity index (χ3v) is 5.31. The minimum Gasteiger partial charge on any atom is -0.340 e. The second kappa shape index (κ2) is 10.2. The summed E-state index contributed by atoms with van der Waals surface area (Å²) in [4.78, 5) is 17.3. The number of benzene rings is 3.